The molecule has 0 aliphatic heterocycles. The summed E-state index contributed by atoms with van der Waals surface area (Å²) in [5, 5.41) is 18.3. The number of hydrogen-bond donors (Lipinski definition) is 3. The second-order valence-electron chi connectivity index (χ2n) is 5.04. The number of hydrogen-bond acceptors (Lipinski definition) is 4. The summed E-state index contributed by atoms with van der Waals surface area (Å²) in [5.74, 6) is 0.586. The first-order valence-corrected chi connectivity index (χ1v) is 6.81. The van der Waals surface area contributed by atoms with Crippen LogP contribution in [0.1, 0.15) is 24.6 Å². The molecule has 2 rings (SSSR count). The van der Waals surface area contributed by atoms with Gasteiger partial charge in [-0.1, -0.05) is 17.3 Å². The Morgan fingerprint density at radius 1 is 1.38 bits per heavy atom. The molecule has 0 aliphatic rings. The lowest BCUT2D eigenvalue weighted by atomic mass is 10.1. The van der Waals surface area contributed by atoms with Gasteiger partial charge in [0, 0.05) is 12.1 Å². The number of anilines is 1. The number of carbonyl (C=O) groups excluding carboxylic acids is 1. The van der Waals surface area contributed by atoms with Crippen molar-refractivity contribution in [2.45, 2.75) is 32.7 Å². The molecule has 0 radical (unpaired) electrons. The van der Waals surface area contributed by atoms with Gasteiger partial charge >= 0.3 is 6.03 Å². The summed E-state index contributed by atoms with van der Waals surface area (Å²) in [4.78, 5) is 11.7. The Labute approximate surface area is 123 Å². The number of aryl methyl sites for hydroxylation is 2. The van der Waals surface area contributed by atoms with Crippen molar-refractivity contribution in [2.24, 2.45) is 0 Å². The van der Waals surface area contributed by atoms with E-state index in [0.717, 1.165) is 18.4 Å². The van der Waals surface area contributed by atoms with E-state index in [1.807, 2.05) is 19.1 Å². The molecular formula is C15H19N3O3. The number of phenolic OH excluding ortho intramolecular Hbond substituents is 1. The van der Waals surface area contributed by atoms with Crippen LogP contribution in [0.4, 0.5) is 10.7 Å². The number of benzene rings is 1. The van der Waals surface area contributed by atoms with Crippen LogP contribution in [0, 0.1) is 6.92 Å². The zero-order valence-electron chi connectivity index (χ0n) is 12.1. The van der Waals surface area contributed by atoms with Crippen LogP contribution in [0.5, 0.6) is 5.75 Å². The van der Waals surface area contributed by atoms with Crippen LogP contribution in [0.2, 0.25) is 0 Å². The number of amides is 2. The van der Waals surface area contributed by atoms with E-state index in [1.165, 1.54) is 0 Å². The molecule has 21 heavy (non-hydrogen) atoms. The van der Waals surface area contributed by atoms with Crippen LogP contribution < -0.4 is 10.6 Å². The highest BCUT2D eigenvalue weighted by atomic mass is 16.5. The van der Waals surface area contributed by atoms with Gasteiger partial charge < -0.3 is 14.9 Å². The van der Waals surface area contributed by atoms with Crippen LogP contribution in [0.15, 0.2) is 34.9 Å². The number of urea groups is 1. The van der Waals surface area contributed by atoms with Gasteiger partial charge in [-0.3, -0.25) is 5.32 Å². The van der Waals surface area contributed by atoms with Crippen LogP contribution in [0.3, 0.4) is 0 Å². The number of aromatic nitrogens is 1. The minimum atomic E-state index is -0.315. The Kier molecular flexibility index (Phi) is 4.81. The Balaban J connectivity index is 1.74. The fourth-order valence-electron chi connectivity index (χ4n) is 1.91. The first-order valence-electron chi connectivity index (χ1n) is 6.81. The summed E-state index contributed by atoms with van der Waals surface area (Å²) >= 11 is 0. The molecule has 1 heterocycles. The number of phenols is 1. The lowest BCUT2D eigenvalue weighted by molar-refractivity contribution is 0.247. The summed E-state index contributed by atoms with van der Waals surface area (Å²) in [5.41, 5.74) is 1.83. The number of nitrogens with one attached hydrogen (secondary N) is 2. The SMILES string of the molecule is Cc1cc(NC(=O)N[C@@H](C)CCc2ccc(O)cc2)on1. The van der Waals surface area contributed by atoms with E-state index in [4.69, 9.17) is 4.52 Å². The molecule has 0 fully saturated rings. The van der Waals surface area contributed by atoms with Gasteiger partial charge in [0.25, 0.3) is 0 Å². The average Bonchev–Trinajstić information content (AvgIpc) is 2.83. The molecule has 0 saturated heterocycles. The highest BCUT2D eigenvalue weighted by molar-refractivity contribution is 5.87. The highest BCUT2D eigenvalue weighted by Crippen LogP contribution is 2.12. The van der Waals surface area contributed by atoms with Gasteiger partial charge in [0.15, 0.2) is 0 Å². The molecule has 1 aromatic carbocycles. The summed E-state index contributed by atoms with van der Waals surface area (Å²) in [6, 6.07) is 8.42. The molecule has 0 bridgehead atoms. The smallest absolute Gasteiger partial charge is 0.321 e. The molecule has 1 aromatic heterocycles. The van der Waals surface area contributed by atoms with Gasteiger partial charge in [0.1, 0.15) is 5.75 Å². The predicted molar refractivity (Wildman–Crippen MR) is 79.3 cm³/mol. The van der Waals surface area contributed by atoms with Crippen molar-refractivity contribution in [1.29, 1.82) is 0 Å². The first-order chi connectivity index (χ1) is 10.0. The quantitative estimate of drug-likeness (QED) is 0.789. The molecule has 2 amide bonds. The average molecular weight is 289 g/mol. The predicted octanol–water partition coefficient (Wildman–Crippen LogP) is 2.83. The van der Waals surface area contributed by atoms with E-state index >= 15 is 0 Å². The lowest BCUT2D eigenvalue weighted by Gasteiger charge is -2.13. The van der Waals surface area contributed by atoms with Gasteiger partial charge in [-0.15, -0.1) is 0 Å². The Hall–Kier alpha value is -2.50. The third-order valence-electron chi connectivity index (χ3n) is 3.04. The molecule has 0 spiro atoms. The van der Waals surface area contributed by atoms with Crippen molar-refractivity contribution in [3.8, 4) is 5.75 Å². The lowest BCUT2D eigenvalue weighted by Crippen LogP contribution is -2.36. The maximum Gasteiger partial charge on any atom is 0.321 e. The molecule has 6 heteroatoms. The number of rotatable bonds is 5. The first kappa shape index (κ1) is 14.9. The zero-order chi connectivity index (χ0) is 15.2. The van der Waals surface area contributed by atoms with Gasteiger partial charge in [-0.2, -0.15) is 0 Å². The molecule has 112 valence electrons. The fraction of sp³-hybridized carbons (Fsp3) is 0.333. The van der Waals surface area contributed by atoms with Crippen LogP contribution in [0.25, 0.3) is 0 Å². The van der Waals surface area contributed by atoms with E-state index < -0.39 is 0 Å². The monoisotopic (exact) mass is 289 g/mol. The maximum atomic E-state index is 11.7. The fourth-order valence-corrected chi connectivity index (χ4v) is 1.91. The molecule has 3 N–H and O–H groups in total. The summed E-state index contributed by atoms with van der Waals surface area (Å²) in [6.45, 7) is 3.72. The van der Waals surface area contributed by atoms with Crippen molar-refractivity contribution in [2.75, 3.05) is 5.32 Å². The topological polar surface area (TPSA) is 87.4 Å². The van der Waals surface area contributed by atoms with Crippen molar-refractivity contribution in [1.82, 2.24) is 10.5 Å². The van der Waals surface area contributed by atoms with Crippen molar-refractivity contribution >= 4 is 11.9 Å². The van der Waals surface area contributed by atoms with E-state index in [2.05, 4.69) is 15.8 Å². The number of nitrogens with zero attached hydrogens (tertiary/aromatic N) is 1. The molecule has 2 aromatic rings. The van der Waals surface area contributed by atoms with E-state index in [9.17, 15) is 9.90 Å². The largest absolute Gasteiger partial charge is 0.508 e. The van der Waals surface area contributed by atoms with Crippen LogP contribution >= 0.6 is 0 Å². The third kappa shape index (κ3) is 4.83. The van der Waals surface area contributed by atoms with Gasteiger partial charge in [0.05, 0.1) is 5.69 Å². The zero-order valence-corrected chi connectivity index (χ0v) is 12.1. The van der Waals surface area contributed by atoms with Gasteiger partial charge in [-0.25, -0.2) is 4.79 Å². The minimum absolute atomic E-state index is 0.0165. The molecule has 1 atom stereocenters. The van der Waals surface area contributed by atoms with Gasteiger partial charge in [-0.05, 0) is 44.4 Å². The van der Waals surface area contributed by atoms with Gasteiger partial charge in [0.2, 0.25) is 5.88 Å². The van der Waals surface area contributed by atoms with Crippen molar-refractivity contribution < 1.29 is 14.4 Å². The molecular weight excluding hydrogens is 270 g/mol. The standard InChI is InChI=1S/C15H19N3O3/c1-10(3-4-12-5-7-13(19)8-6-12)16-15(20)17-14-9-11(2)18-21-14/h5-10,19H,3-4H2,1-2H3,(H2,16,17,20)/t10-/m0/s1. The van der Waals surface area contributed by atoms with E-state index in [1.54, 1.807) is 25.1 Å². The maximum absolute atomic E-state index is 11.7. The third-order valence-corrected chi connectivity index (χ3v) is 3.04. The summed E-state index contributed by atoms with van der Waals surface area (Å²) in [6.07, 6.45) is 1.62. The van der Waals surface area contributed by atoms with Crippen LogP contribution in [-0.4, -0.2) is 22.3 Å². The summed E-state index contributed by atoms with van der Waals surface area (Å²) in [7, 11) is 0. The number of aromatic hydroxyl groups is 1. The number of carbonyl (C=O) groups is 1. The second-order valence-corrected chi connectivity index (χ2v) is 5.04. The second kappa shape index (κ2) is 6.78. The van der Waals surface area contributed by atoms with Crippen molar-refractivity contribution in [3.63, 3.8) is 0 Å². The Bertz CT molecular complexity index is 592. The highest BCUT2D eigenvalue weighted by Gasteiger charge is 2.10. The molecule has 0 unspecified atom stereocenters. The molecule has 6 nitrogen and oxygen atoms in total. The summed E-state index contributed by atoms with van der Waals surface area (Å²) < 4.78 is 4.91. The normalized spacial score (nSPS) is 11.9. The van der Waals surface area contributed by atoms with E-state index in [-0.39, 0.29) is 17.8 Å². The Morgan fingerprint density at radius 2 is 2.10 bits per heavy atom. The van der Waals surface area contributed by atoms with Crippen LogP contribution in [-0.2, 0) is 6.42 Å². The Morgan fingerprint density at radius 3 is 2.71 bits per heavy atom. The van der Waals surface area contributed by atoms with Crippen molar-refractivity contribution in [3.05, 3.63) is 41.6 Å². The molecule has 0 saturated carbocycles. The minimum Gasteiger partial charge on any atom is -0.508 e. The van der Waals surface area contributed by atoms with E-state index in [0.29, 0.717) is 11.6 Å². The molecule has 0 aliphatic carbocycles.